The number of aryl methyl sites for hydroxylation is 2. The van der Waals surface area contributed by atoms with Gasteiger partial charge in [0.2, 0.25) is 0 Å². The van der Waals surface area contributed by atoms with Crippen LogP contribution in [0, 0.1) is 0 Å². The summed E-state index contributed by atoms with van der Waals surface area (Å²) in [6, 6.07) is 7.68. The first-order valence-electron chi connectivity index (χ1n) is 6.74. The van der Waals surface area contributed by atoms with Gasteiger partial charge in [-0.1, -0.05) is 11.3 Å². The van der Waals surface area contributed by atoms with E-state index in [1.807, 2.05) is 35.8 Å². The molecule has 7 heteroatoms. The van der Waals surface area contributed by atoms with Crippen molar-refractivity contribution in [1.82, 2.24) is 20.0 Å². The first kappa shape index (κ1) is 14.4. The molecule has 0 unspecified atom stereocenters. The lowest BCUT2D eigenvalue weighted by Gasteiger charge is -2.00. The van der Waals surface area contributed by atoms with Gasteiger partial charge in [-0.3, -0.25) is 9.67 Å². The van der Waals surface area contributed by atoms with Crippen LogP contribution in [-0.2, 0) is 17.7 Å². The molecule has 0 aliphatic rings. The second-order valence-electron chi connectivity index (χ2n) is 4.59. The van der Waals surface area contributed by atoms with Crippen LogP contribution >= 0.6 is 11.3 Å². The van der Waals surface area contributed by atoms with Crippen molar-refractivity contribution in [2.75, 3.05) is 7.11 Å². The SMILES string of the molecule is COC(=O)c1sccc1-c1cn(CCc2ccccn2)nn1. The van der Waals surface area contributed by atoms with Gasteiger partial charge in [-0.2, -0.15) is 0 Å². The van der Waals surface area contributed by atoms with Gasteiger partial charge in [0.15, 0.2) is 0 Å². The summed E-state index contributed by atoms with van der Waals surface area (Å²) in [4.78, 5) is 16.5. The highest BCUT2D eigenvalue weighted by molar-refractivity contribution is 7.12. The van der Waals surface area contributed by atoms with Gasteiger partial charge in [0, 0.05) is 30.4 Å². The highest BCUT2D eigenvalue weighted by atomic mass is 32.1. The second-order valence-corrected chi connectivity index (χ2v) is 5.51. The molecule has 3 heterocycles. The molecule has 0 saturated carbocycles. The van der Waals surface area contributed by atoms with Gasteiger partial charge < -0.3 is 4.74 Å². The van der Waals surface area contributed by atoms with Gasteiger partial charge in [-0.25, -0.2) is 4.79 Å². The molecule has 0 aliphatic heterocycles. The third-order valence-electron chi connectivity index (χ3n) is 3.17. The third kappa shape index (κ3) is 3.04. The van der Waals surface area contributed by atoms with Crippen molar-refractivity contribution in [3.8, 4) is 11.3 Å². The molecule has 0 fully saturated rings. The van der Waals surface area contributed by atoms with E-state index in [9.17, 15) is 4.79 Å². The zero-order valence-electron chi connectivity index (χ0n) is 12.0. The maximum absolute atomic E-state index is 11.7. The average molecular weight is 314 g/mol. The molecule has 3 aromatic rings. The number of nitrogens with zero attached hydrogens (tertiary/aromatic N) is 4. The molecule has 0 saturated heterocycles. The Bertz CT molecular complexity index is 767. The minimum Gasteiger partial charge on any atom is -0.465 e. The number of thiophene rings is 1. The number of hydrogen-bond acceptors (Lipinski definition) is 6. The Morgan fingerprint density at radius 1 is 1.36 bits per heavy atom. The van der Waals surface area contributed by atoms with Gasteiger partial charge in [0.05, 0.1) is 13.3 Å². The fourth-order valence-electron chi connectivity index (χ4n) is 2.07. The Labute approximate surface area is 131 Å². The lowest BCUT2D eigenvalue weighted by atomic mass is 10.2. The standard InChI is InChI=1S/C15H14N4O2S/c1-21-15(20)14-12(6-9-22-14)13-10-19(18-17-13)8-5-11-4-2-3-7-16-11/h2-4,6-7,9-10H,5,8H2,1H3. The van der Waals surface area contributed by atoms with Crippen LogP contribution in [0.4, 0.5) is 0 Å². The van der Waals surface area contributed by atoms with Gasteiger partial charge in [0.1, 0.15) is 10.6 Å². The summed E-state index contributed by atoms with van der Waals surface area (Å²) in [6.07, 6.45) is 4.38. The minimum atomic E-state index is -0.354. The van der Waals surface area contributed by atoms with Crippen LogP contribution < -0.4 is 0 Å². The fraction of sp³-hybridized carbons (Fsp3) is 0.200. The second kappa shape index (κ2) is 6.48. The van der Waals surface area contributed by atoms with Gasteiger partial charge in [0.25, 0.3) is 0 Å². The van der Waals surface area contributed by atoms with E-state index in [2.05, 4.69) is 15.3 Å². The molecule has 6 nitrogen and oxygen atoms in total. The van der Waals surface area contributed by atoms with Crippen LogP contribution in [0.25, 0.3) is 11.3 Å². The highest BCUT2D eigenvalue weighted by Crippen LogP contribution is 2.27. The predicted octanol–water partition coefficient (Wildman–Crippen LogP) is 2.43. The molecule has 0 radical (unpaired) electrons. The van der Waals surface area contributed by atoms with Crippen molar-refractivity contribution in [3.63, 3.8) is 0 Å². The lowest BCUT2D eigenvalue weighted by Crippen LogP contribution is -2.03. The average Bonchev–Trinajstić information content (AvgIpc) is 3.22. The van der Waals surface area contributed by atoms with Crippen molar-refractivity contribution in [1.29, 1.82) is 0 Å². The number of methoxy groups -OCH3 is 1. The van der Waals surface area contributed by atoms with Crippen LogP contribution in [-0.4, -0.2) is 33.1 Å². The van der Waals surface area contributed by atoms with Gasteiger partial charge in [-0.05, 0) is 23.6 Å². The molecule has 112 valence electrons. The molecular formula is C15H14N4O2S. The van der Waals surface area contributed by atoms with Crippen LogP contribution in [0.15, 0.2) is 42.0 Å². The monoisotopic (exact) mass is 314 g/mol. The first-order chi connectivity index (χ1) is 10.8. The molecule has 0 spiro atoms. The molecule has 0 aliphatic carbocycles. The molecule has 0 amide bonds. The molecule has 22 heavy (non-hydrogen) atoms. The summed E-state index contributed by atoms with van der Waals surface area (Å²) in [5.41, 5.74) is 2.42. The van der Waals surface area contributed by atoms with E-state index in [4.69, 9.17) is 4.74 Å². The van der Waals surface area contributed by atoms with Crippen LogP contribution in [0.3, 0.4) is 0 Å². The van der Waals surface area contributed by atoms with Gasteiger partial charge >= 0.3 is 5.97 Å². The zero-order valence-corrected chi connectivity index (χ0v) is 12.8. The first-order valence-corrected chi connectivity index (χ1v) is 7.62. The summed E-state index contributed by atoms with van der Waals surface area (Å²) in [5, 5.41) is 10.1. The number of carbonyl (C=O) groups excluding carboxylic acids is 1. The van der Waals surface area contributed by atoms with Crippen molar-refractivity contribution in [2.45, 2.75) is 13.0 Å². The van der Waals surface area contributed by atoms with E-state index >= 15 is 0 Å². The molecule has 0 N–H and O–H groups in total. The molecule has 0 bridgehead atoms. The topological polar surface area (TPSA) is 69.9 Å². The Hall–Kier alpha value is -2.54. The quantitative estimate of drug-likeness (QED) is 0.676. The summed E-state index contributed by atoms with van der Waals surface area (Å²) >= 11 is 1.33. The molecule has 0 aromatic carbocycles. The largest absolute Gasteiger partial charge is 0.465 e. The fourth-order valence-corrected chi connectivity index (χ4v) is 2.89. The van der Waals surface area contributed by atoms with Crippen LogP contribution in [0.5, 0.6) is 0 Å². The number of ether oxygens (including phenoxy) is 1. The minimum absolute atomic E-state index is 0.354. The number of rotatable bonds is 5. The lowest BCUT2D eigenvalue weighted by molar-refractivity contribution is 0.0607. The predicted molar refractivity (Wildman–Crippen MR) is 82.6 cm³/mol. The smallest absolute Gasteiger partial charge is 0.348 e. The maximum atomic E-state index is 11.7. The Morgan fingerprint density at radius 2 is 2.27 bits per heavy atom. The summed E-state index contributed by atoms with van der Waals surface area (Å²) in [6.45, 7) is 0.682. The maximum Gasteiger partial charge on any atom is 0.348 e. The van der Waals surface area contributed by atoms with Crippen molar-refractivity contribution in [3.05, 3.63) is 52.6 Å². The van der Waals surface area contributed by atoms with Gasteiger partial charge in [-0.15, -0.1) is 16.4 Å². The Balaban J connectivity index is 1.74. The number of carbonyl (C=O) groups is 1. The third-order valence-corrected chi connectivity index (χ3v) is 4.07. The molecule has 3 rings (SSSR count). The van der Waals surface area contributed by atoms with E-state index in [1.54, 1.807) is 10.9 Å². The van der Waals surface area contributed by atoms with E-state index in [0.717, 1.165) is 17.7 Å². The summed E-state index contributed by atoms with van der Waals surface area (Å²) in [5.74, 6) is -0.354. The Morgan fingerprint density at radius 3 is 3.05 bits per heavy atom. The van der Waals surface area contributed by atoms with Crippen molar-refractivity contribution < 1.29 is 9.53 Å². The zero-order chi connectivity index (χ0) is 15.4. The van der Waals surface area contributed by atoms with Crippen molar-refractivity contribution in [2.24, 2.45) is 0 Å². The number of aromatic nitrogens is 4. The Kier molecular flexibility index (Phi) is 4.24. The van der Waals surface area contributed by atoms with Crippen LogP contribution in [0.2, 0.25) is 0 Å². The number of hydrogen-bond donors (Lipinski definition) is 0. The van der Waals surface area contributed by atoms with Crippen LogP contribution in [0.1, 0.15) is 15.4 Å². The number of pyridine rings is 1. The van der Waals surface area contributed by atoms with Crippen molar-refractivity contribution >= 4 is 17.3 Å². The molecule has 0 atom stereocenters. The number of esters is 1. The normalized spacial score (nSPS) is 10.6. The van der Waals surface area contributed by atoms with E-state index in [-0.39, 0.29) is 5.97 Å². The molecular weight excluding hydrogens is 300 g/mol. The summed E-state index contributed by atoms with van der Waals surface area (Å²) < 4.78 is 6.53. The summed E-state index contributed by atoms with van der Waals surface area (Å²) in [7, 11) is 1.37. The molecule has 3 aromatic heterocycles. The van der Waals surface area contributed by atoms with E-state index in [1.165, 1.54) is 18.4 Å². The van der Waals surface area contributed by atoms with E-state index < -0.39 is 0 Å². The highest BCUT2D eigenvalue weighted by Gasteiger charge is 2.17. The van der Waals surface area contributed by atoms with E-state index in [0.29, 0.717) is 17.1 Å².